The average molecular weight is 524 g/mol. The molecule has 202 valence electrons. The van der Waals surface area contributed by atoms with Crippen molar-refractivity contribution in [3.63, 3.8) is 0 Å². The lowest BCUT2D eigenvalue weighted by Crippen LogP contribution is -2.46. The lowest BCUT2D eigenvalue weighted by Gasteiger charge is -2.26. The number of benzene rings is 1. The minimum atomic E-state index is -1.16. The molecule has 0 bridgehead atoms. The molecule has 0 aliphatic carbocycles. The Bertz CT molecular complexity index is 1250. The summed E-state index contributed by atoms with van der Waals surface area (Å²) in [6, 6.07) is 7.82. The molecule has 13 nitrogen and oxygen atoms in total. The maximum absolute atomic E-state index is 13.1. The topological polar surface area (TPSA) is 197 Å². The molecule has 2 aromatic heterocycles. The van der Waals surface area contributed by atoms with Crippen LogP contribution in [0.2, 0.25) is 0 Å². The van der Waals surface area contributed by atoms with E-state index in [9.17, 15) is 19.5 Å². The Morgan fingerprint density at radius 3 is 2.66 bits per heavy atom. The zero-order chi connectivity index (χ0) is 27.3. The third kappa shape index (κ3) is 8.76. The van der Waals surface area contributed by atoms with Crippen molar-refractivity contribution in [3.8, 4) is 0 Å². The summed E-state index contributed by atoms with van der Waals surface area (Å²) in [5, 5.41) is 20.2. The number of nitrogens with one attached hydrogen (secondary N) is 4. The Labute approximate surface area is 219 Å². The van der Waals surface area contributed by atoms with E-state index in [2.05, 4.69) is 25.3 Å². The number of hydrogen-bond donors (Lipinski definition) is 6. The molecule has 0 atom stereocenters. The highest BCUT2D eigenvalue weighted by atomic mass is 16.4. The van der Waals surface area contributed by atoms with Crippen molar-refractivity contribution >= 4 is 40.9 Å². The molecule has 38 heavy (non-hydrogen) atoms. The van der Waals surface area contributed by atoms with Gasteiger partial charge in [-0.1, -0.05) is 18.2 Å². The van der Waals surface area contributed by atoms with Crippen LogP contribution in [-0.2, 0) is 27.2 Å². The SMILES string of the molecule is N=C(N)NCCCN(CC(=O)O)C(=O)CN(CCc1c[nH]c2ccccc12)C(=O)C/N=C/Cc1ncc[nH]1. The van der Waals surface area contributed by atoms with Gasteiger partial charge in [0.25, 0.3) is 0 Å². The number of H-pyrrole nitrogens is 2. The molecule has 0 radical (unpaired) electrons. The van der Waals surface area contributed by atoms with Crippen LogP contribution in [0.5, 0.6) is 0 Å². The van der Waals surface area contributed by atoms with Crippen LogP contribution in [0.4, 0.5) is 0 Å². The van der Waals surface area contributed by atoms with E-state index in [-0.39, 0.29) is 38.0 Å². The van der Waals surface area contributed by atoms with Gasteiger partial charge in [-0.2, -0.15) is 0 Å². The molecule has 13 heteroatoms. The number of amides is 2. The quantitative estimate of drug-likeness (QED) is 0.0939. The monoisotopic (exact) mass is 523 g/mol. The van der Waals surface area contributed by atoms with Crippen LogP contribution in [0.25, 0.3) is 10.9 Å². The van der Waals surface area contributed by atoms with Crippen molar-refractivity contribution in [1.82, 2.24) is 30.1 Å². The fraction of sp³-hybridized carbons (Fsp3) is 0.360. The van der Waals surface area contributed by atoms with Crippen molar-refractivity contribution < 1.29 is 19.5 Å². The number of imidazole rings is 1. The maximum atomic E-state index is 13.1. The number of carboxylic acid groups (broad SMARTS) is 1. The van der Waals surface area contributed by atoms with E-state index in [1.807, 2.05) is 30.5 Å². The van der Waals surface area contributed by atoms with Gasteiger partial charge >= 0.3 is 5.97 Å². The molecule has 2 amide bonds. The van der Waals surface area contributed by atoms with Crippen LogP contribution in [0, 0.1) is 5.41 Å². The number of carbonyl (C=O) groups excluding carboxylic acids is 2. The number of aromatic nitrogens is 3. The summed E-state index contributed by atoms with van der Waals surface area (Å²) in [5.41, 5.74) is 7.25. The molecule has 7 N–H and O–H groups in total. The fourth-order valence-electron chi connectivity index (χ4n) is 3.90. The normalized spacial score (nSPS) is 11.1. The molecule has 0 aliphatic heterocycles. The van der Waals surface area contributed by atoms with Gasteiger partial charge in [-0.05, 0) is 24.5 Å². The number of fused-ring (bicyclic) bond motifs is 1. The van der Waals surface area contributed by atoms with Crippen LogP contribution in [0.15, 0.2) is 47.8 Å². The van der Waals surface area contributed by atoms with Gasteiger partial charge in [0.1, 0.15) is 18.9 Å². The van der Waals surface area contributed by atoms with E-state index in [1.165, 1.54) is 9.80 Å². The summed E-state index contributed by atoms with van der Waals surface area (Å²) in [5.74, 6) is -1.47. The summed E-state index contributed by atoms with van der Waals surface area (Å²) < 4.78 is 0. The first-order chi connectivity index (χ1) is 18.3. The molecule has 0 saturated heterocycles. The van der Waals surface area contributed by atoms with Crippen molar-refractivity contribution in [2.45, 2.75) is 19.3 Å². The number of para-hydroxylation sites is 1. The molecule has 0 aliphatic rings. The van der Waals surface area contributed by atoms with E-state index in [0.29, 0.717) is 25.8 Å². The van der Waals surface area contributed by atoms with Crippen LogP contribution in [-0.4, -0.2) is 99.1 Å². The van der Waals surface area contributed by atoms with E-state index < -0.39 is 18.4 Å². The first kappa shape index (κ1) is 27.9. The Morgan fingerprint density at radius 1 is 1.13 bits per heavy atom. The number of aliphatic imine (C=N–C) groups is 1. The van der Waals surface area contributed by atoms with E-state index in [4.69, 9.17) is 11.1 Å². The molecular formula is C25H33N9O4. The summed E-state index contributed by atoms with van der Waals surface area (Å²) in [6.07, 6.45) is 8.14. The number of aliphatic carboxylic acids is 1. The number of hydrogen-bond acceptors (Lipinski definition) is 6. The molecular weight excluding hydrogens is 490 g/mol. The Balaban J connectivity index is 1.67. The number of guanidine groups is 1. The highest BCUT2D eigenvalue weighted by molar-refractivity contribution is 5.88. The van der Waals surface area contributed by atoms with E-state index in [0.717, 1.165) is 22.3 Å². The predicted molar refractivity (Wildman–Crippen MR) is 143 cm³/mol. The van der Waals surface area contributed by atoms with Crippen molar-refractivity contribution in [1.29, 1.82) is 5.41 Å². The van der Waals surface area contributed by atoms with Crippen molar-refractivity contribution in [2.24, 2.45) is 10.7 Å². The zero-order valence-corrected chi connectivity index (χ0v) is 21.0. The van der Waals surface area contributed by atoms with Gasteiger partial charge in [0.2, 0.25) is 11.8 Å². The molecule has 0 unspecified atom stereocenters. The van der Waals surface area contributed by atoms with Gasteiger partial charge in [0.05, 0.1) is 6.54 Å². The molecule has 3 rings (SSSR count). The summed E-state index contributed by atoms with van der Waals surface area (Å²) in [7, 11) is 0. The number of nitrogens with zero attached hydrogens (tertiary/aromatic N) is 4. The van der Waals surface area contributed by atoms with Gasteiger partial charge in [-0.15, -0.1) is 0 Å². The second-order valence-electron chi connectivity index (χ2n) is 8.59. The number of nitrogens with two attached hydrogens (primary N) is 1. The Morgan fingerprint density at radius 2 is 1.92 bits per heavy atom. The van der Waals surface area contributed by atoms with Gasteiger partial charge in [-0.25, -0.2) is 4.98 Å². The van der Waals surface area contributed by atoms with Gasteiger partial charge in [-0.3, -0.25) is 24.8 Å². The average Bonchev–Trinajstić information content (AvgIpc) is 3.55. The van der Waals surface area contributed by atoms with Crippen LogP contribution in [0.3, 0.4) is 0 Å². The van der Waals surface area contributed by atoms with Crippen molar-refractivity contribution in [2.75, 3.05) is 39.3 Å². The summed E-state index contributed by atoms with van der Waals surface area (Å²) in [4.78, 5) is 54.6. The largest absolute Gasteiger partial charge is 0.480 e. The standard InChI is InChI=1S/C25H33N9O4/c26-25(27)31-8-3-12-33(17-24(37)38)23(36)16-34(22(35)15-28-9-6-21-29-10-11-30-21)13-7-18-14-32-20-5-2-1-4-19(18)20/h1-2,4-5,9-11,14,32H,3,6-8,12-13,15-17H2,(H,29,30)(H,37,38)(H4,26,27,31)/b28-9+. The summed E-state index contributed by atoms with van der Waals surface area (Å²) in [6.45, 7) is -0.216. The van der Waals surface area contributed by atoms with Crippen LogP contribution < -0.4 is 11.1 Å². The van der Waals surface area contributed by atoms with Crippen LogP contribution in [0.1, 0.15) is 17.8 Å². The van der Waals surface area contributed by atoms with Crippen molar-refractivity contribution in [3.05, 3.63) is 54.2 Å². The van der Waals surface area contributed by atoms with Crippen LogP contribution >= 0.6 is 0 Å². The molecule has 2 heterocycles. The number of rotatable bonds is 15. The smallest absolute Gasteiger partial charge is 0.323 e. The summed E-state index contributed by atoms with van der Waals surface area (Å²) >= 11 is 0. The third-order valence-electron chi connectivity index (χ3n) is 5.80. The van der Waals surface area contributed by atoms with Gasteiger partial charge in [0.15, 0.2) is 5.96 Å². The molecule has 1 aromatic carbocycles. The lowest BCUT2D eigenvalue weighted by atomic mass is 10.1. The highest BCUT2D eigenvalue weighted by Gasteiger charge is 2.23. The second-order valence-corrected chi connectivity index (χ2v) is 8.59. The minimum absolute atomic E-state index is 0.136. The number of aromatic amines is 2. The molecule has 0 saturated carbocycles. The molecule has 3 aromatic rings. The lowest BCUT2D eigenvalue weighted by molar-refractivity contribution is -0.146. The molecule has 0 spiro atoms. The zero-order valence-electron chi connectivity index (χ0n) is 21.0. The van der Waals surface area contributed by atoms with E-state index in [1.54, 1.807) is 18.6 Å². The van der Waals surface area contributed by atoms with Gasteiger partial charge in [0, 0.05) is 61.8 Å². The Hall–Kier alpha value is -4.68. The Kier molecular flexibility index (Phi) is 10.4. The first-order valence-electron chi connectivity index (χ1n) is 12.2. The third-order valence-corrected chi connectivity index (χ3v) is 5.80. The highest BCUT2D eigenvalue weighted by Crippen LogP contribution is 2.18. The van der Waals surface area contributed by atoms with Gasteiger partial charge < -0.3 is 35.9 Å². The number of carbonyl (C=O) groups is 3. The first-order valence-corrected chi connectivity index (χ1v) is 12.2. The maximum Gasteiger partial charge on any atom is 0.323 e. The number of carboxylic acids is 1. The second kappa shape index (κ2) is 14.2. The minimum Gasteiger partial charge on any atom is -0.480 e. The molecule has 0 fully saturated rings. The van der Waals surface area contributed by atoms with E-state index >= 15 is 0 Å². The fourth-order valence-corrected chi connectivity index (χ4v) is 3.90. The predicted octanol–water partition coefficient (Wildman–Crippen LogP) is 0.362.